The molecule has 0 aliphatic rings. The zero-order valence-corrected chi connectivity index (χ0v) is 13.9. The van der Waals surface area contributed by atoms with Gasteiger partial charge in [-0.3, -0.25) is 4.98 Å². The van der Waals surface area contributed by atoms with Crippen LogP contribution in [0, 0.1) is 18.2 Å². The maximum absolute atomic E-state index is 14.1. The minimum Gasteiger partial charge on any atom is -0.434 e. The van der Waals surface area contributed by atoms with Crippen molar-refractivity contribution in [2.75, 3.05) is 6.54 Å². The number of benzene rings is 1. The van der Waals surface area contributed by atoms with E-state index in [1.165, 1.54) is 18.5 Å². The van der Waals surface area contributed by atoms with Crippen LogP contribution in [0.25, 0.3) is 0 Å². The molecule has 1 aromatic heterocycles. The van der Waals surface area contributed by atoms with Crippen LogP contribution in [-0.2, 0) is 6.54 Å². The first-order valence-electron chi connectivity index (χ1n) is 7.64. The van der Waals surface area contributed by atoms with Gasteiger partial charge in [0.25, 0.3) is 0 Å². The van der Waals surface area contributed by atoms with Crippen LogP contribution in [0.4, 0.5) is 4.39 Å². The highest BCUT2D eigenvalue weighted by molar-refractivity contribution is 5.32. The van der Waals surface area contributed by atoms with Crippen molar-refractivity contribution in [2.24, 2.45) is 5.41 Å². The van der Waals surface area contributed by atoms with Crippen LogP contribution in [0.5, 0.6) is 11.6 Å². The number of nitrogens with one attached hydrogen (secondary N) is 1. The third kappa shape index (κ3) is 5.94. The van der Waals surface area contributed by atoms with E-state index in [0.29, 0.717) is 17.7 Å². The average Bonchev–Trinajstić information content (AvgIpc) is 2.47. The molecule has 0 saturated carbocycles. The monoisotopic (exact) mass is 316 g/mol. The topological polar surface area (TPSA) is 47.0 Å². The van der Waals surface area contributed by atoms with E-state index < -0.39 is 5.82 Å². The van der Waals surface area contributed by atoms with E-state index in [9.17, 15) is 4.39 Å². The Morgan fingerprint density at radius 2 is 2.00 bits per heavy atom. The summed E-state index contributed by atoms with van der Waals surface area (Å²) in [6, 6.07) is 4.92. The summed E-state index contributed by atoms with van der Waals surface area (Å²) in [5.41, 5.74) is 1.71. The van der Waals surface area contributed by atoms with Gasteiger partial charge in [0, 0.05) is 6.54 Å². The van der Waals surface area contributed by atoms with Gasteiger partial charge in [0.15, 0.2) is 11.6 Å². The molecular formula is C18H23FN3O. The summed E-state index contributed by atoms with van der Waals surface area (Å²) in [7, 11) is 0. The van der Waals surface area contributed by atoms with Gasteiger partial charge in [-0.15, -0.1) is 0 Å². The van der Waals surface area contributed by atoms with E-state index in [1.807, 2.05) is 6.07 Å². The van der Waals surface area contributed by atoms with Crippen molar-refractivity contribution in [1.82, 2.24) is 15.3 Å². The molecule has 0 fully saturated rings. The van der Waals surface area contributed by atoms with Crippen molar-refractivity contribution >= 4 is 0 Å². The second kappa shape index (κ2) is 7.51. The van der Waals surface area contributed by atoms with Crippen molar-refractivity contribution in [2.45, 2.75) is 33.7 Å². The zero-order valence-electron chi connectivity index (χ0n) is 13.9. The van der Waals surface area contributed by atoms with Gasteiger partial charge in [0.1, 0.15) is 0 Å². The van der Waals surface area contributed by atoms with Gasteiger partial charge in [-0.2, -0.15) is 0 Å². The van der Waals surface area contributed by atoms with E-state index >= 15 is 0 Å². The van der Waals surface area contributed by atoms with Gasteiger partial charge in [-0.1, -0.05) is 26.8 Å². The number of hydrogen-bond acceptors (Lipinski definition) is 4. The van der Waals surface area contributed by atoms with Crippen LogP contribution in [0.1, 0.15) is 38.4 Å². The highest BCUT2D eigenvalue weighted by Crippen LogP contribution is 2.23. The third-order valence-corrected chi connectivity index (χ3v) is 3.27. The van der Waals surface area contributed by atoms with Gasteiger partial charge in [-0.25, -0.2) is 9.37 Å². The van der Waals surface area contributed by atoms with Gasteiger partial charge >= 0.3 is 0 Å². The Morgan fingerprint density at radius 3 is 2.61 bits per heavy atom. The Bertz CT molecular complexity index is 636. The quantitative estimate of drug-likeness (QED) is 0.815. The Morgan fingerprint density at radius 1 is 1.22 bits per heavy atom. The lowest BCUT2D eigenvalue weighted by Crippen LogP contribution is -2.20. The van der Waals surface area contributed by atoms with Gasteiger partial charge in [-0.05, 0) is 43.0 Å². The first-order chi connectivity index (χ1) is 10.8. The molecule has 0 saturated heterocycles. The molecule has 123 valence electrons. The predicted octanol–water partition coefficient (Wildman–Crippen LogP) is 4.12. The van der Waals surface area contributed by atoms with Crippen LogP contribution < -0.4 is 10.1 Å². The number of hydrogen-bond donors (Lipinski definition) is 1. The van der Waals surface area contributed by atoms with Gasteiger partial charge < -0.3 is 10.1 Å². The van der Waals surface area contributed by atoms with Crippen LogP contribution in [0.3, 0.4) is 0 Å². The number of aromatic nitrogens is 2. The minimum atomic E-state index is -0.416. The smallest absolute Gasteiger partial charge is 0.237 e. The van der Waals surface area contributed by atoms with E-state index in [4.69, 9.17) is 4.74 Å². The van der Waals surface area contributed by atoms with Gasteiger partial charge in [0.05, 0.1) is 18.1 Å². The minimum absolute atomic E-state index is 0.134. The van der Waals surface area contributed by atoms with E-state index in [0.717, 1.165) is 18.5 Å². The molecule has 0 amide bonds. The SMILES string of the molecule is [CH2]c1cnc(Oc2ccc(CNCCC(C)(C)C)cc2F)cn1. The van der Waals surface area contributed by atoms with E-state index in [2.05, 4.69) is 43.0 Å². The first-order valence-corrected chi connectivity index (χ1v) is 7.64. The number of ether oxygens (including phenoxy) is 1. The molecule has 1 aromatic carbocycles. The molecule has 0 bridgehead atoms. The molecule has 1 N–H and O–H groups in total. The molecule has 0 aliphatic carbocycles. The third-order valence-electron chi connectivity index (χ3n) is 3.27. The van der Waals surface area contributed by atoms with Crippen molar-refractivity contribution < 1.29 is 9.13 Å². The zero-order chi connectivity index (χ0) is 16.9. The van der Waals surface area contributed by atoms with E-state index in [-0.39, 0.29) is 11.6 Å². The fraction of sp³-hybridized carbons (Fsp3) is 0.389. The lowest BCUT2D eigenvalue weighted by molar-refractivity contribution is 0.366. The molecule has 0 aliphatic heterocycles. The Kier molecular flexibility index (Phi) is 5.66. The van der Waals surface area contributed by atoms with Crippen LogP contribution in [0.2, 0.25) is 0 Å². The Balaban J connectivity index is 1.91. The summed E-state index contributed by atoms with van der Waals surface area (Å²) >= 11 is 0. The molecule has 1 radical (unpaired) electrons. The Hall–Kier alpha value is -2.01. The molecule has 0 unspecified atom stereocenters. The maximum atomic E-state index is 14.1. The molecule has 1 heterocycles. The molecule has 0 spiro atoms. The summed E-state index contributed by atoms with van der Waals surface area (Å²) < 4.78 is 19.5. The highest BCUT2D eigenvalue weighted by Gasteiger charge is 2.10. The number of rotatable bonds is 6. The maximum Gasteiger partial charge on any atom is 0.237 e. The summed E-state index contributed by atoms with van der Waals surface area (Å²) in [5, 5.41) is 3.32. The number of halogens is 1. The standard InChI is InChI=1S/C18H23FN3O/c1-13-10-22-17(12-21-13)23-16-6-5-14(9-15(16)19)11-20-8-7-18(2,3)4/h5-6,9-10,12,20H,1,7-8,11H2,2-4H3. The lowest BCUT2D eigenvalue weighted by Gasteiger charge is -2.18. The second-order valence-electron chi connectivity index (χ2n) is 6.70. The van der Waals surface area contributed by atoms with Crippen molar-refractivity contribution in [1.29, 1.82) is 0 Å². The number of nitrogens with zero attached hydrogens (tertiary/aromatic N) is 2. The van der Waals surface area contributed by atoms with Crippen LogP contribution in [0.15, 0.2) is 30.6 Å². The lowest BCUT2D eigenvalue weighted by atomic mass is 9.92. The van der Waals surface area contributed by atoms with Crippen LogP contribution >= 0.6 is 0 Å². The fourth-order valence-electron chi connectivity index (χ4n) is 1.94. The normalized spacial score (nSPS) is 11.5. The summed E-state index contributed by atoms with van der Waals surface area (Å²) in [6.07, 6.45) is 3.96. The Labute approximate surface area is 137 Å². The molecule has 4 nitrogen and oxygen atoms in total. The second-order valence-corrected chi connectivity index (χ2v) is 6.70. The average molecular weight is 316 g/mol. The summed E-state index contributed by atoms with van der Waals surface area (Å²) in [4.78, 5) is 7.96. The molecule has 5 heteroatoms. The predicted molar refractivity (Wildman–Crippen MR) is 88.7 cm³/mol. The summed E-state index contributed by atoms with van der Waals surface area (Å²) in [5.74, 6) is -0.0393. The van der Waals surface area contributed by atoms with Crippen molar-refractivity contribution in [3.8, 4) is 11.6 Å². The highest BCUT2D eigenvalue weighted by atomic mass is 19.1. The summed E-state index contributed by atoms with van der Waals surface area (Å²) in [6.45, 7) is 11.8. The first kappa shape index (κ1) is 17.3. The van der Waals surface area contributed by atoms with Crippen LogP contribution in [-0.4, -0.2) is 16.5 Å². The van der Waals surface area contributed by atoms with E-state index in [1.54, 1.807) is 6.07 Å². The fourth-order valence-corrected chi connectivity index (χ4v) is 1.94. The molecule has 23 heavy (non-hydrogen) atoms. The molecule has 2 aromatic rings. The van der Waals surface area contributed by atoms with Gasteiger partial charge in [0.2, 0.25) is 5.88 Å². The molecular weight excluding hydrogens is 293 g/mol. The van der Waals surface area contributed by atoms with Crippen molar-refractivity contribution in [3.05, 3.63) is 54.6 Å². The largest absolute Gasteiger partial charge is 0.434 e. The molecule has 0 atom stereocenters. The molecule has 2 rings (SSSR count). The van der Waals surface area contributed by atoms with Crippen molar-refractivity contribution in [3.63, 3.8) is 0 Å².